The average molecular weight is 233 g/mol. The third-order valence-electron chi connectivity index (χ3n) is 3.16. The quantitative estimate of drug-likeness (QED) is 0.728. The highest BCUT2D eigenvalue weighted by atomic mass is 16.2. The molecular weight excluding hydrogens is 214 g/mol. The number of hydrogen-bond acceptors (Lipinski definition) is 2. The summed E-state index contributed by atoms with van der Waals surface area (Å²) in [5, 5.41) is 4.40. The van der Waals surface area contributed by atoms with Crippen LogP contribution in [0.2, 0.25) is 0 Å². The normalized spacial score (nSPS) is 14.7. The van der Waals surface area contributed by atoms with Crippen molar-refractivity contribution in [3.8, 4) is 0 Å². The van der Waals surface area contributed by atoms with E-state index in [1.807, 2.05) is 22.7 Å². The summed E-state index contributed by atoms with van der Waals surface area (Å²) in [5.41, 5.74) is 2.14. The van der Waals surface area contributed by atoms with Gasteiger partial charge in [0.05, 0.1) is 5.69 Å². The fourth-order valence-corrected chi connectivity index (χ4v) is 1.95. The first-order valence-electron chi connectivity index (χ1n) is 6.11. The Labute approximate surface area is 102 Å². The number of aromatic nitrogens is 2. The van der Waals surface area contributed by atoms with Crippen LogP contribution < -0.4 is 0 Å². The van der Waals surface area contributed by atoms with Gasteiger partial charge in [0, 0.05) is 30.9 Å². The minimum Gasteiger partial charge on any atom is -0.332 e. The Hall–Kier alpha value is -1.58. The number of rotatable bonds is 5. The molecule has 0 unspecified atom stereocenters. The largest absolute Gasteiger partial charge is 0.332 e. The van der Waals surface area contributed by atoms with Crippen LogP contribution in [0.4, 0.5) is 0 Å². The first-order chi connectivity index (χ1) is 8.15. The monoisotopic (exact) mass is 233 g/mol. The van der Waals surface area contributed by atoms with Gasteiger partial charge >= 0.3 is 0 Å². The van der Waals surface area contributed by atoms with Gasteiger partial charge in [-0.25, -0.2) is 0 Å². The van der Waals surface area contributed by atoms with Crippen molar-refractivity contribution in [2.45, 2.75) is 45.8 Å². The minimum absolute atomic E-state index is 0.0242. The number of aryl methyl sites for hydroxylation is 2. The zero-order chi connectivity index (χ0) is 12.4. The van der Waals surface area contributed by atoms with Gasteiger partial charge in [-0.05, 0) is 32.8 Å². The first-order valence-corrected chi connectivity index (χ1v) is 6.11. The summed E-state index contributed by atoms with van der Waals surface area (Å²) < 4.78 is 1.91. The van der Waals surface area contributed by atoms with E-state index in [1.165, 1.54) is 6.08 Å². The van der Waals surface area contributed by atoms with Gasteiger partial charge < -0.3 is 4.90 Å². The standard InChI is InChI=1S/C13H19N3O/c1-4-13(17)16(12-6-7-12)9-11-8-15(5-2)14-10(11)3/h4,8,12H,1,5-7,9H2,2-3H3. The second kappa shape index (κ2) is 4.73. The van der Waals surface area contributed by atoms with E-state index in [1.54, 1.807) is 0 Å². The zero-order valence-corrected chi connectivity index (χ0v) is 10.5. The molecular formula is C13H19N3O. The van der Waals surface area contributed by atoms with Crippen molar-refractivity contribution in [2.24, 2.45) is 0 Å². The third-order valence-corrected chi connectivity index (χ3v) is 3.16. The van der Waals surface area contributed by atoms with Gasteiger partial charge in [-0.1, -0.05) is 6.58 Å². The topological polar surface area (TPSA) is 38.1 Å². The van der Waals surface area contributed by atoms with Crippen LogP contribution in [0.15, 0.2) is 18.9 Å². The van der Waals surface area contributed by atoms with E-state index in [-0.39, 0.29) is 5.91 Å². The van der Waals surface area contributed by atoms with Crippen LogP contribution in [0, 0.1) is 6.92 Å². The molecule has 1 aromatic heterocycles. The number of nitrogens with zero attached hydrogens (tertiary/aromatic N) is 3. The van der Waals surface area contributed by atoms with Crippen molar-refractivity contribution in [3.63, 3.8) is 0 Å². The number of carbonyl (C=O) groups excluding carboxylic acids is 1. The molecule has 0 spiro atoms. The molecule has 4 nitrogen and oxygen atoms in total. The summed E-state index contributed by atoms with van der Waals surface area (Å²) in [7, 11) is 0. The summed E-state index contributed by atoms with van der Waals surface area (Å²) in [6.45, 7) is 9.13. The zero-order valence-electron chi connectivity index (χ0n) is 10.5. The van der Waals surface area contributed by atoms with Crippen molar-refractivity contribution in [2.75, 3.05) is 0 Å². The number of hydrogen-bond donors (Lipinski definition) is 0. The van der Waals surface area contributed by atoms with E-state index < -0.39 is 0 Å². The van der Waals surface area contributed by atoms with Crippen LogP contribution in [0.3, 0.4) is 0 Å². The van der Waals surface area contributed by atoms with E-state index in [4.69, 9.17) is 0 Å². The van der Waals surface area contributed by atoms with Crippen molar-refractivity contribution in [1.82, 2.24) is 14.7 Å². The van der Waals surface area contributed by atoms with Gasteiger partial charge in [0.1, 0.15) is 0 Å². The summed E-state index contributed by atoms with van der Waals surface area (Å²) in [6.07, 6.45) is 5.65. The van der Waals surface area contributed by atoms with Crippen molar-refractivity contribution < 1.29 is 4.79 Å². The van der Waals surface area contributed by atoms with Crippen LogP contribution >= 0.6 is 0 Å². The molecule has 0 aliphatic heterocycles. The average Bonchev–Trinajstić information content (AvgIpc) is 3.10. The molecule has 1 heterocycles. The third kappa shape index (κ3) is 2.57. The number of amides is 1. The lowest BCUT2D eigenvalue weighted by molar-refractivity contribution is -0.127. The molecule has 1 aromatic rings. The van der Waals surface area contributed by atoms with Crippen molar-refractivity contribution in [1.29, 1.82) is 0 Å². The maximum absolute atomic E-state index is 11.8. The molecule has 2 rings (SSSR count). The summed E-state index contributed by atoms with van der Waals surface area (Å²) in [4.78, 5) is 13.7. The molecule has 17 heavy (non-hydrogen) atoms. The lowest BCUT2D eigenvalue weighted by Gasteiger charge is -2.20. The Bertz CT molecular complexity index is 432. The Morgan fingerprint density at radius 1 is 1.71 bits per heavy atom. The first kappa shape index (κ1) is 11.9. The van der Waals surface area contributed by atoms with E-state index in [0.29, 0.717) is 12.6 Å². The fraction of sp³-hybridized carbons (Fsp3) is 0.538. The van der Waals surface area contributed by atoms with E-state index in [9.17, 15) is 4.79 Å². The fourth-order valence-electron chi connectivity index (χ4n) is 1.95. The molecule has 0 saturated heterocycles. The van der Waals surface area contributed by atoms with Gasteiger partial charge in [0.25, 0.3) is 0 Å². The maximum atomic E-state index is 11.8. The number of carbonyl (C=O) groups is 1. The molecule has 0 radical (unpaired) electrons. The summed E-state index contributed by atoms with van der Waals surface area (Å²) in [6, 6.07) is 0.407. The molecule has 1 fully saturated rings. The van der Waals surface area contributed by atoms with Gasteiger partial charge in [-0.15, -0.1) is 0 Å². The molecule has 0 aromatic carbocycles. The summed E-state index contributed by atoms with van der Waals surface area (Å²) >= 11 is 0. The van der Waals surface area contributed by atoms with Gasteiger partial charge in [-0.3, -0.25) is 9.48 Å². The Balaban J connectivity index is 2.13. The molecule has 92 valence electrons. The Morgan fingerprint density at radius 3 is 2.88 bits per heavy atom. The SMILES string of the molecule is C=CC(=O)N(Cc1cn(CC)nc1C)C1CC1. The predicted molar refractivity (Wildman–Crippen MR) is 66.4 cm³/mol. The predicted octanol–water partition coefficient (Wildman–Crippen LogP) is 1.89. The molecule has 0 bridgehead atoms. The van der Waals surface area contributed by atoms with Crippen LogP contribution in [0.5, 0.6) is 0 Å². The van der Waals surface area contributed by atoms with E-state index >= 15 is 0 Å². The molecule has 1 amide bonds. The second-order valence-electron chi connectivity index (χ2n) is 4.50. The maximum Gasteiger partial charge on any atom is 0.246 e. The lowest BCUT2D eigenvalue weighted by atomic mass is 10.2. The molecule has 1 aliphatic carbocycles. The highest BCUT2D eigenvalue weighted by Crippen LogP contribution is 2.29. The molecule has 0 atom stereocenters. The van der Waals surface area contributed by atoms with Crippen LogP contribution in [0.25, 0.3) is 0 Å². The lowest BCUT2D eigenvalue weighted by Crippen LogP contribution is -2.31. The molecule has 4 heteroatoms. The highest BCUT2D eigenvalue weighted by Gasteiger charge is 2.31. The highest BCUT2D eigenvalue weighted by molar-refractivity contribution is 5.87. The summed E-state index contributed by atoms with van der Waals surface area (Å²) in [5.74, 6) is 0.0242. The van der Waals surface area contributed by atoms with E-state index in [2.05, 4.69) is 18.6 Å². The Morgan fingerprint density at radius 2 is 2.41 bits per heavy atom. The van der Waals surface area contributed by atoms with Crippen LogP contribution in [-0.2, 0) is 17.9 Å². The smallest absolute Gasteiger partial charge is 0.246 e. The molecule has 0 N–H and O–H groups in total. The molecule has 1 aliphatic rings. The van der Waals surface area contributed by atoms with Gasteiger partial charge in [-0.2, -0.15) is 5.10 Å². The van der Waals surface area contributed by atoms with Crippen LogP contribution in [-0.4, -0.2) is 26.6 Å². The van der Waals surface area contributed by atoms with Crippen LogP contribution in [0.1, 0.15) is 31.0 Å². The minimum atomic E-state index is 0.0242. The second-order valence-corrected chi connectivity index (χ2v) is 4.50. The Kier molecular flexibility index (Phi) is 3.31. The van der Waals surface area contributed by atoms with Gasteiger partial charge in [0.15, 0.2) is 0 Å². The van der Waals surface area contributed by atoms with E-state index in [0.717, 1.165) is 30.6 Å². The van der Waals surface area contributed by atoms with Crippen molar-refractivity contribution >= 4 is 5.91 Å². The van der Waals surface area contributed by atoms with Crippen molar-refractivity contribution in [3.05, 3.63) is 30.1 Å². The van der Waals surface area contributed by atoms with Gasteiger partial charge in [0.2, 0.25) is 5.91 Å². The molecule has 1 saturated carbocycles.